The van der Waals surface area contributed by atoms with Crippen molar-refractivity contribution in [2.24, 2.45) is 0 Å². The van der Waals surface area contributed by atoms with E-state index >= 15 is 0 Å². The van der Waals surface area contributed by atoms with E-state index in [0.29, 0.717) is 13.1 Å². The first-order valence-electron chi connectivity index (χ1n) is 4.14. The van der Waals surface area contributed by atoms with Crippen LogP contribution in [-0.4, -0.2) is 12.2 Å². The van der Waals surface area contributed by atoms with Gasteiger partial charge in [0, 0.05) is 11.1 Å². The van der Waals surface area contributed by atoms with Crippen molar-refractivity contribution in [3.8, 4) is 0 Å². The van der Waals surface area contributed by atoms with Crippen LogP contribution in [0.25, 0.3) is 0 Å². The minimum absolute atomic E-state index is 0.469. The normalized spacial score (nSPS) is 8.57. The van der Waals surface area contributed by atoms with E-state index in [1.807, 2.05) is 24.3 Å². The number of hydrogen-bond donors (Lipinski definition) is 2. The van der Waals surface area contributed by atoms with Gasteiger partial charge in [-0.05, 0) is 0 Å². The maximum Gasteiger partial charge on any atom is 0.422 e. The standard InChI is InChI=1S/C10H8N2O2/c13-7-11-5-9-1-2-10(4-3-9)6-12-8-14/h1-4H,5-6H2/p+2. The fourth-order valence-corrected chi connectivity index (χ4v) is 1.05. The Balaban J connectivity index is 2.67. The molecule has 1 aromatic carbocycles. The second kappa shape index (κ2) is 5.60. The van der Waals surface area contributed by atoms with E-state index in [2.05, 4.69) is 9.98 Å². The molecule has 0 unspecified atom stereocenters. The lowest BCUT2D eigenvalue weighted by Gasteiger charge is -1.93. The summed E-state index contributed by atoms with van der Waals surface area (Å²) in [7, 11) is 0. The van der Waals surface area contributed by atoms with Gasteiger partial charge in [-0.15, -0.1) is 0 Å². The molecule has 0 aromatic heterocycles. The summed E-state index contributed by atoms with van der Waals surface area (Å²) in [6.07, 6.45) is 3.20. The zero-order valence-corrected chi connectivity index (χ0v) is 7.54. The van der Waals surface area contributed by atoms with Gasteiger partial charge in [0.2, 0.25) is 0 Å². The molecule has 4 heteroatoms. The van der Waals surface area contributed by atoms with Crippen LogP contribution in [0.15, 0.2) is 24.3 Å². The van der Waals surface area contributed by atoms with Crippen LogP contribution < -0.4 is 9.98 Å². The lowest BCUT2D eigenvalue weighted by Crippen LogP contribution is -2.65. The first kappa shape index (κ1) is 10.1. The predicted octanol–water partition coefficient (Wildman–Crippen LogP) is -2.48. The number of nitrogens with one attached hydrogen (secondary N) is 2. The summed E-state index contributed by atoms with van der Waals surface area (Å²) in [5.74, 6) is 0. The van der Waals surface area contributed by atoms with Gasteiger partial charge in [-0.3, -0.25) is 0 Å². The molecule has 70 valence electrons. The smallest absolute Gasteiger partial charge is 0.162 e. The van der Waals surface area contributed by atoms with Crippen molar-refractivity contribution >= 4 is 12.2 Å². The van der Waals surface area contributed by atoms with Crippen molar-refractivity contribution in [1.82, 2.24) is 0 Å². The summed E-state index contributed by atoms with van der Waals surface area (Å²) in [5, 5.41) is 0. The average Bonchev–Trinajstić information content (AvgIpc) is 2.25. The van der Waals surface area contributed by atoms with Gasteiger partial charge in [0.05, 0.1) is 0 Å². The van der Waals surface area contributed by atoms with Crippen LogP contribution in [-0.2, 0) is 22.7 Å². The van der Waals surface area contributed by atoms with Crippen molar-refractivity contribution < 1.29 is 19.6 Å². The van der Waals surface area contributed by atoms with E-state index in [1.165, 1.54) is 0 Å². The van der Waals surface area contributed by atoms with Crippen LogP contribution in [0.4, 0.5) is 0 Å². The van der Waals surface area contributed by atoms with Gasteiger partial charge in [0.25, 0.3) is 0 Å². The highest BCUT2D eigenvalue weighted by Crippen LogP contribution is 2.00. The van der Waals surface area contributed by atoms with Crippen molar-refractivity contribution in [2.75, 3.05) is 0 Å². The molecule has 14 heavy (non-hydrogen) atoms. The summed E-state index contributed by atoms with van der Waals surface area (Å²) in [4.78, 5) is 24.7. The van der Waals surface area contributed by atoms with Crippen molar-refractivity contribution in [1.29, 1.82) is 0 Å². The van der Waals surface area contributed by atoms with E-state index < -0.39 is 0 Å². The zero-order chi connectivity index (χ0) is 10.2. The van der Waals surface area contributed by atoms with E-state index in [1.54, 1.807) is 12.2 Å². The zero-order valence-electron chi connectivity index (χ0n) is 7.54. The first-order chi connectivity index (χ1) is 6.86. The van der Waals surface area contributed by atoms with Gasteiger partial charge in [0.15, 0.2) is 13.1 Å². The molecule has 2 N–H and O–H groups in total. The maximum atomic E-state index is 9.90. The molecule has 1 aromatic rings. The quantitative estimate of drug-likeness (QED) is 0.408. The molecule has 0 atom stereocenters. The molecule has 0 bridgehead atoms. The third-order valence-corrected chi connectivity index (χ3v) is 1.75. The highest BCUT2D eigenvalue weighted by molar-refractivity contribution is 5.25. The fourth-order valence-electron chi connectivity index (χ4n) is 1.05. The molecule has 0 spiro atoms. The third kappa shape index (κ3) is 3.15. The molecule has 0 aliphatic rings. The number of benzene rings is 1. The summed E-state index contributed by atoms with van der Waals surface area (Å²) >= 11 is 0. The van der Waals surface area contributed by atoms with Crippen LogP contribution in [0.5, 0.6) is 0 Å². The number of carbonyl (C=O) groups excluding carboxylic acids is 2. The molecule has 0 fully saturated rings. The third-order valence-electron chi connectivity index (χ3n) is 1.75. The monoisotopic (exact) mass is 190 g/mol. The molecule has 0 amide bonds. The van der Waals surface area contributed by atoms with Gasteiger partial charge in [-0.1, -0.05) is 24.3 Å². The van der Waals surface area contributed by atoms with E-state index in [0.717, 1.165) is 11.1 Å². The lowest BCUT2D eigenvalue weighted by atomic mass is 10.1. The Labute approximate surface area is 81.0 Å². The molecule has 0 radical (unpaired) electrons. The Hall–Kier alpha value is -2.02. The van der Waals surface area contributed by atoms with Gasteiger partial charge in [0.1, 0.15) is 0 Å². The van der Waals surface area contributed by atoms with Crippen LogP contribution in [0, 0.1) is 0 Å². The molecular weight excluding hydrogens is 180 g/mol. The van der Waals surface area contributed by atoms with Gasteiger partial charge in [-0.2, -0.15) is 19.6 Å². The number of isocyanates is 2. The fraction of sp³-hybridized carbons (Fsp3) is 0.200. The Kier molecular flexibility index (Phi) is 4.02. The second-order valence-electron chi connectivity index (χ2n) is 2.73. The molecule has 0 aliphatic heterocycles. The largest absolute Gasteiger partial charge is 0.422 e. The SMILES string of the molecule is O=C=[NH+]Cc1ccc(C[NH+]=C=O)cc1. The van der Waals surface area contributed by atoms with Gasteiger partial charge < -0.3 is 0 Å². The van der Waals surface area contributed by atoms with Crippen molar-refractivity contribution in [3.63, 3.8) is 0 Å². The lowest BCUT2D eigenvalue weighted by molar-refractivity contribution is -0.473. The molecule has 0 aliphatic carbocycles. The van der Waals surface area contributed by atoms with Crippen LogP contribution in [0.2, 0.25) is 0 Å². The van der Waals surface area contributed by atoms with E-state index in [-0.39, 0.29) is 0 Å². The van der Waals surface area contributed by atoms with Gasteiger partial charge >= 0.3 is 12.2 Å². The molecule has 0 heterocycles. The minimum Gasteiger partial charge on any atom is -0.162 e. The molecule has 1 rings (SSSR count). The Bertz CT molecular complexity index is 346. The average molecular weight is 190 g/mol. The van der Waals surface area contributed by atoms with E-state index in [4.69, 9.17) is 0 Å². The first-order valence-corrected chi connectivity index (χ1v) is 4.14. The topological polar surface area (TPSA) is 62.1 Å². The van der Waals surface area contributed by atoms with Crippen molar-refractivity contribution in [2.45, 2.75) is 13.1 Å². The minimum atomic E-state index is 0.469. The Morgan fingerprint density at radius 3 is 1.50 bits per heavy atom. The molecule has 0 saturated carbocycles. The second-order valence-corrected chi connectivity index (χ2v) is 2.73. The number of rotatable bonds is 4. The highest BCUT2D eigenvalue weighted by Gasteiger charge is 1.97. The van der Waals surface area contributed by atoms with Crippen LogP contribution in [0.1, 0.15) is 11.1 Å². The van der Waals surface area contributed by atoms with E-state index in [9.17, 15) is 9.59 Å². The van der Waals surface area contributed by atoms with Crippen LogP contribution >= 0.6 is 0 Å². The Morgan fingerprint density at radius 2 is 1.21 bits per heavy atom. The summed E-state index contributed by atoms with van der Waals surface area (Å²) in [6.45, 7) is 0.939. The predicted molar refractivity (Wildman–Crippen MR) is 47.2 cm³/mol. The molecule has 4 nitrogen and oxygen atoms in total. The number of hydrogen-bond acceptors (Lipinski definition) is 2. The summed E-state index contributed by atoms with van der Waals surface area (Å²) < 4.78 is 0. The molecule has 0 saturated heterocycles. The molecular formula is C10H10N2O2+2. The summed E-state index contributed by atoms with van der Waals surface area (Å²) in [5.41, 5.74) is 1.99. The Morgan fingerprint density at radius 1 is 0.857 bits per heavy atom. The van der Waals surface area contributed by atoms with Crippen LogP contribution in [0.3, 0.4) is 0 Å². The maximum absolute atomic E-state index is 9.90. The van der Waals surface area contributed by atoms with Crippen molar-refractivity contribution in [3.05, 3.63) is 35.4 Å². The van der Waals surface area contributed by atoms with Gasteiger partial charge in [-0.25, -0.2) is 0 Å². The summed E-state index contributed by atoms with van der Waals surface area (Å²) in [6, 6.07) is 7.52. The highest BCUT2D eigenvalue weighted by atomic mass is 16.1.